The van der Waals surface area contributed by atoms with Crippen molar-refractivity contribution in [2.45, 2.75) is 6.18 Å². The van der Waals surface area contributed by atoms with E-state index in [1.54, 1.807) is 0 Å². The number of alkyl halides is 3. The number of nitrogens with zero attached hydrogens (tertiary/aromatic N) is 1. The molecule has 0 saturated carbocycles. The van der Waals surface area contributed by atoms with Gasteiger partial charge in [0, 0.05) is 12.2 Å². The zero-order valence-electron chi connectivity index (χ0n) is 13.8. The first kappa shape index (κ1) is 19.6. The van der Waals surface area contributed by atoms with Crippen molar-refractivity contribution in [3.8, 4) is 5.75 Å². The summed E-state index contributed by atoms with van der Waals surface area (Å²) in [5, 5.41) is 11.8. The van der Waals surface area contributed by atoms with Crippen LogP contribution in [0.4, 0.5) is 18.9 Å². The number of rotatable bonds is 7. The van der Waals surface area contributed by atoms with E-state index in [4.69, 9.17) is 5.11 Å². The highest BCUT2D eigenvalue weighted by molar-refractivity contribution is 6.08. The monoisotopic (exact) mass is 374 g/mol. The van der Waals surface area contributed by atoms with Gasteiger partial charge in [-0.3, -0.25) is 4.79 Å². The Kier molecular flexibility index (Phi) is 6.09. The predicted molar refractivity (Wildman–Crippen MR) is 84.3 cm³/mol. The fraction of sp³-hybridized carbons (Fsp3) is 0.375. The minimum absolute atomic E-state index is 0.00531. The molecule has 0 aromatic heterocycles. The van der Waals surface area contributed by atoms with Crippen LogP contribution in [0, 0.1) is 0 Å². The molecule has 0 atom stereocenters. The summed E-state index contributed by atoms with van der Waals surface area (Å²) < 4.78 is 45.7. The third-order valence-electron chi connectivity index (χ3n) is 3.48. The second-order valence-corrected chi connectivity index (χ2v) is 5.35. The van der Waals surface area contributed by atoms with Crippen molar-refractivity contribution in [1.29, 1.82) is 0 Å². The predicted octanol–water partition coefficient (Wildman–Crippen LogP) is 1.30. The van der Waals surface area contributed by atoms with Crippen LogP contribution in [0.1, 0.15) is 0 Å². The highest BCUT2D eigenvalue weighted by atomic mass is 19.4. The first-order valence-electron chi connectivity index (χ1n) is 7.53. The van der Waals surface area contributed by atoms with Crippen molar-refractivity contribution in [3.05, 3.63) is 35.5 Å². The van der Waals surface area contributed by atoms with Gasteiger partial charge in [0.2, 0.25) is 0 Å². The number of β-amino-alcohol motifs (C(OH)–C–C–N with tert-alkyl or cyclic N) is 1. The summed E-state index contributed by atoms with van der Waals surface area (Å²) in [5.41, 5.74) is 0.470. The van der Waals surface area contributed by atoms with Gasteiger partial charge in [0.05, 0.1) is 25.8 Å². The van der Waals surface area contributed by atoms with Crippen LogP contribution in [0.3, 0.4) is 0 Å². The number of esters is 1. The minimum Gasteiger partial charge on any atom is -0.484 e. The molecule has 1 heterocycles. The van der Waals surface area contributed by atoms with Gasteiger partial charge in [-0.2, -0.15) is 13.2 Å². The Hall–Kier alpha value is -2.75. The SMILES string of the molecule is COC(=O)C1=C(Nc2ccc(OCC(F)(F)F)cc2)C(=O)N(CCO)C1. The average molecular weight is 374 g/mol. The lowest BCUT2D eigenvalue weighted by Crippen LogP contribution is -2.31. The maximum Gasteiger partial charge on any atom is 0.422 e. The number of carbonyl (C=O) groups is 2. The molecule has 1 aliphatic rings. The van der Waals surface area contributed by atoms with Crippen molar-refractivity contribution in [3.63, 3.8) is 0 Å². The summed E-state index contributed by atoms with van der Waals surface area (Å²) in [6, 6.07) is 5.43. The second kappa shape index (κ2) is 8.09. The molecular weight excluding hydrogens is 357 g/mol. The molecule has 2 rings (SSSR count). The van der Waals surface area contributed by atoms with Gasteiger partial charge in [0.15, 0.2) is 6.61 Å². The maximum absolute atomic E-state index is 12.3. The molecule has 1 aliphatic heterocycles. The molecular formula is C16H17F3N2O5. The van der Waals surface area contributed by atoms with E-state index in [1.165, 1.54) is 36.3 Å². The van der Waals surface area contributed by atoms with E-state index < -0.39 is 24.7 Å². The molecule has 0 spiro atoms. The summed E-state index contributed by atoms with van der Waals surface area (Å²) in [6.45, 7) is -1.64. The molecule has 1 amide bonds. The molecule has 10 heteroatoms. The number of halogens is 3. The zero-order valence-corrected chi connectivity index (χ0v) is 13.8. The van der Waals surface area contributed by atoms with Crippen molar-refractivity contribution in [2.75, 3.05) is 38.7 Å². The lowest BCUT2D eigenvalue weighted by atomic mass is 10.2. The van der Waals surface area contributed by atoms with Gasteiger partial charge in [-0.15, -0.1) is 0 Å². The Morgan fingerprint density at radius 3 is 2.50 bits per heavy atom. The number of hydrogen-bond acceptors (Lipinski definition) is 6. The van der Waals surface area contributed by atoms with E-state index in [9.17, 15) is 22.8 Å². The fourth-order valence-electron chi connectivity index (χ4n) is 2.29. The van der Waals surface area contributed by atoms with Gasteiger partial charge >= 0.3 is 12.1 Å². The third-order valence-corrected chi connectivity index (χ3v) is 3.48. The van der Waals surface area contributed by atoms with Crippen molar-refractivity contribution in [1.82, 2.24) is 4.90 Å². The third kappa shape index (κ3) is 4.88. The molecule has 0 unspecified atom stereocenters. The van der Waals surface area contributed by atoms with Crippen molar-refractivity contribution < 1.29 is 37.3 Å². The van der Waals surface area contributed by atoms with Gasteiger partial charge in [0.1, 0.15) is 11.4 Å². The number of nitrogens with one attached hydrogen (secondary N) is 1. The fourth-order valence-corrected chi connectivity index (χ4v) is 2.29. The van der Waals surface area contributed by atoms with Crippen LogP contribution in [-0.2, 0) is 14.3 Å². The van der Waals surface area contributed by atoms with E-state index >= 15 is 0 Å². The first-order valence-corrected chi connectivity index (χ1v) is 7.53. The normalized spacial score (nSPS) is 14.7. The Bertz CT molecular complexity index is 701. The van der Waals surface area contributed by atoms with E-state index in [-0.39, 0.29) is 36.7 Å². The van der Waals surface area contributed by atoms with E-state index in [1.807, 2.05) is 0 Å². The van der Waals surface area contributed by atoms with Crippen LogP contribution in [0.15, 0.2) is 35.5 Å². The van der Waals surface area contributed by atoms with Crippen LogP contribution in [0.2, 0.25) is 0 Å². The van der Waals surface area contributed by atoms with Crippen molar-refractivity contribution >= 4 is 17.6 Å². The molecule has 0 radical (unpaired) electrons. The molecule has 0 bridgehead atoms. The first-order chi connectivity index (χ1) is 12.2. The van der Waals surface area contributed by atoms with Crippen LogP contribution in [0.25, 0.3) is 0 Å². The van der Waals surface area contributed by atoms with Crippen molar-refractivity contribution in [2.24, 2.45) is 0 Å². The van der Waals surface area contributed by atoms with E-state index in [0.29, 0.717) is 5.69 Å². The largest absolute Gasteiger partial charge is 0.484 e. The Balaban J connectivity index is 2.13. The Morgan fingerprint density at radius 1 is 1.31 bits per heavy atom. The average Bonchev–Trinajstić information content (AvgIpc) is 2.90. The summed E-state index contributed by atoms with van der Waals surface area (Å²) >= 11 is 0. The van der Waals surface area contributed by atoms with E-state index in [0.717, 1.165) is 0 Å². The summed E-state index contributed by atoms with van der Waals surface area (Å²) in [7, 11) is 1.18. The molecule has 7 nitrogen and oxygen atoms in total. The van der Waals surface area contributed by atoms with Gasteiger partial charge in [-0.1, -0.05) is 0 Å². The smallest absolute Gasteiger partial charge is 0.422 e. The van der Waals surface area contributed by atoms with Crippen LogP contribution in [0.5, 0.6) is 5.75 Å². The molecule has 0 fully saturated rings. The van der Waals surface area contributed by atoms with Crippen LogP contribution >= 0.6 is 0 Å². The molecule has 0 saturated heterocycles. The Morgan fingerprint density at radius 2 is 1.96 bits per heavy atom. The lowest BCUT2D eigenvalue weighted by molar-refractivity contribution is -0.153. The molecule has 1 aromatic rings. The maximum atomic E-state index is 12.3. The van der Waals surface area contributed by atoms with Crippen LogP contribution < -0.4 is 10.1 Å². The number of aliphatic hydroxyl groups is 1. The van der Waals surface area contributed by atoms with Gasteiger partial charge in [-0.05, 0) is 24.3 Å². The lowest BCUT2D eigenvalue weighted by Gasteiger charge is -2.15. The number of benzene rings is 1. The molecule has 0 aliphatic carbocycles. The second-order valence-electron chi connectivity index (χ2n) is 5.35. The standard InChI is InChI=1S/C16H17F3N2O5/c1-25-15(24)12-8-21(6-7-22)14(23)13(12)20-10-2-4-11(5-3-10)26-9-16(17,18)19/h2-5,20,22H,6-9H2,1H3. The number of hydrogen-bond donors (Lipinski definition) is 2. The van der Waals surface area contributed by atoms with Gasteiger partial charge in [-0.25, -0.2) is 4.79 Å². The highest BCUT2D eigenvalue weighted by Crippen LogP contribution is 2.25. The zero-order chi connectivity index (χ0) is 19.3. The molecule has 2 N–H and O–H groups in total. The number of ether oxygens (including phenoxy) is 2. The summed E-state index contributed by atoms with van der Waals surface area (Å²) in [5.74, 6) is -1.17. The number of anilines is 1. The number of amides is 1. The number of aliphatic hydroxyl groups excluding tert-OH is 1. The quantitative estimate of drug-likeness (QED) is 0.700. The highest BCUT2D eigenvalue weighted by Gasteiger charge is 2.34. The summed E-state index contributed by atoms with van der Waals surface area (Å²) in [4.78, 5) is 25.5. The molecule has 142 valence electrons. The topological polar surface area (TPSA) is 88.1 Å². The number of methoxy groups -OCH3 is 1. The molecule has 1 aromatic carbocycles. The number of carbonyl (C=O) groups excluding carboxylic acids is 2. The molecule has 26 heavy (non-hydrogen) atoms. The Labute approximate surface area is 147 Å². The summed E-state index contributed by atoms with van der Waals surface area (Å²) in [6.07, 6.45) is -4.44. The van der Waals surface area contributed by atoms with Crippen LogP contribution in [-0.4, -0.2) is 61.5 Å². The van der Waals surface area contributed by atoms with Gasteiger partial charge in [0.25, 0.3) is 5.91 Å². The van der Waals surface area contributed by atoms with Gasteiger partial charge < -0.3 is 24.8 Å². The minimum atomic E-state index is -4.44. The van der Waals surface area contributed by atoms with E-state index in [2.05, 4.69) is 14.8 Å².